The SMILES string of the molecule is CCC(C)(CNC(=O)CN1CCN(CC(=O)O)CCN(CC(=O)O)CC1)COCC(C)(C)CNC(=O)CN1C(=O)CSC1=S. The van der Waals surface area contributed by atoms with Crippen molar-refractivity contribution >= 4 is 58.0 Å². The fraction of sp³-hybridized carbons (Fsp3) is 0.786. The minimum absolute atomic E-state index is 0.0895. The van der Waals surface area contributed by atoms with Crippen molar-refractivity contribution < 1.29 is 38.9 Å². The predicted octanol–water partition coefficient (Wildman–Crippen LogP) is -0.373. The number of carboxylic acid groups (broad SMARTS) is 2. The maximum atomic E-state index is 12.9. The number of nitrogens with one attached hydrogen (secondary N) is 2. The third kappa shape index (κ3) is 14.2. The van der Waals surface area contributed by atoms with Crippen LogP contribution >= 0.6 is 24.0 Å². The summed E-state index contributed by atoms with van der Waals surface area (Å²) in [7, 11) is 0. The Bertz CT molecular complexity index is 1000. The number of amides is 3. The zero-order chi connectivity index (χ0) is 32.9. The van der Waals surface area contributed by atoms with E-state index in [2.05, 4.69) is 10.6 Å². The molecular formula is C28H48N6O8S2. The minimum atomic E-state index is -0.952. The van der Waals surface area contributed by atoms with Crippen molar-refractivity contribution in [3.63, 3.8) is 0 Å². The molecule has 14 nitrogen and oxygen atoms in total. The molecule has 2 fully saturated rings. The van der Waals surface area contributed by atoms with E-state index in [-0.39, 0.29) is 60.5 Å². The molecule has 0 aliphatic carbocycles. The Morgan fingerprint density at radius 3 is 1.75 bits per heavy atom. The lowest BCUT2D eigenvalue weighted by Gasteiger charge is -2.32. The van der Waals surface area contributed by atoms with Gasteiger partial charge in [0.1, 0.15) is 10.9 Å². The Balaban J connectivity index is 1.80. The van der Waals surface area contributed by atoms with Gasteiger partial charge < -0.3 is 25.6 Å². The first-order valence-corrected chi connectivity index (χ1v) is 16.2. The van der Waals surface area contributed by atoms with Gasteiger partial charge in [-0.1, -0.05) is 51.7 Å². The molecule has 0 aromatic heterocycles. The number of ether oxygens (including phenoxy) is 1. The molecule has 2 aliphatic rings. The van der Waals surface area contributed by atoms with E-state index >= 15 is 0 Å². The number of carboxylic acids is 2. The molecule has 2 heterocycles. The predicted molar refractivity (Wildman–Crippen MR) is 170 cm³/mol. The van der Waals surface area contributed by atoms with Crippen molar-refractivity contribution in [2.45, 2.75) is 34.1 Å². The number of carbonyl (C=O) groups excluding carboxylic acids is 3. The molecule has 0 aromatic rings. The number of carbonyl (C=O) groups is 5. The fourth-order valence-electron chi connectivity index (χ4n) is 4.59. The highest BCUT2D eigenvalue weighted by Crippen LogP contribution is 2.23. The number of hydrogen-bond donors (Lipinski definition) is 4. The van der Waals surface area contributed by atoms with Crippen LogP contribution in [0, 0.1) is 10.8 Å². The zero-order valence-corrected chi connectivity index (χ0v) is 27.9. The van der Waals surface area contributed by atoms with Crippen molar-refractivity contribution in [3.8, 4) is 0 Å². The molecule has 1 atom stereocenters. The van der Waals surface area contributed by atoms with E-state index in [0.29, 0.717) is 69.9 Å². The summed E-state index contributed by atoms with van der Waals surface area (Å²) in [6.45, 7) is 12.0. The van der Waals surface area contributed by atoms with E-state index < -0.39 is 11.9 Å². The highest BCUT2D eigenvalue weighted by atomic mass is 32.2. The second-order valence-electron chi connectivity index (χ2n) is 12.5. The van der Waals surface area contributed by atoms with Crippen molar-refractivity contribution in [2.24, 2.45) is 10.8 Å². The molecule has 250 valence electrons. The van der Waals surface area contributed by atoms with Crippen LogP contribution in [0.4, 0.5) is 0 Å². The molecule has 0 saturated carbocycles. The van der Waals surface area contributed by atoms with Crippen molar-refractivity contribution in [3.05, 3.63) is 0 Å². The molecule has 0 radical (unpaired) electrons. The normalized spacial score (nSPS) is 19.1. The number of thioether (sulfide) groups is 1. The van der Waals surface area contributed by atoms with Crippen LogP contribution < -0.4 is 10.6 Å². The van der Waals surface area contributed by atoms with Gasteiger partial charge in [0, 0.05) is 63.2 Å². The molecule has 2 rings (SSSR count). The van der Waals surface area contributed by atoms with E-state index in [1.807, 2.05) is 32.6 Å². The van der Waals surface area contributed by atoms with Crippen molar-refractivity contribution in [1.29, 1.82) is 0 Å². The Morgan fingerprint density at radius 1 is 0.818 bits per heavy atom. The summed E-state index contributed by atoms with van der Waals surface area (Å²) in [6.07, 6.45) is 0.754. The van der Waals surface area contributed by atoms with Gasteiger partial charge in [-0.15, -0.1) is 0 Å². The van der Waals surface area contributed by atoms with Gasteiger partial charge in [-0.05, 0) is 6.42 Å². The van der Waals surface area contributed by atoms with Crippen molar-refractivity contribution in [2.75, 3.05) is 97.5 Å². The number of thiocarbonyl (C=S) groups is 1. The van der Waals surface area contributed by atoms with Gasteiger partial charge in [0.15, 0.2) is 0 Å². The topological polar surface area (TPSA) is 172 Å². The van der Waals surface area contributed by atoms with Crippen LogP contribution in [0.3, 0.4) is 0 Å². The molecule has 4 N–H and O–H groups in total. The van der Waals surface area contributed by atoms with E-state index in [1.165, 1.54) is 16.7 Å². The molecular weight excluding hydrogens is 612 g/mol. The lowest BCUT2D eigenvalue weighted by molar-refractivity contribution is -0.140. The molecule has 2 saturated heterocycles. The van der Waals surface area contributed by atoms with Gasteiger partial charge in [0.25, 0.3) is 0 Å². The highest BCUT2D eigenvalue weighted by molar-refractivity contribution is 8.23. The van der Waals surface area contributed by atoms with Gasteiger partial charge in [0.05, 0.1) is 38.6 Å². The molecule has 3 amide bonds. The van der Waals surface area contributed by atoms with E-state index in [1.54, 1.807) is 9.80 Å². The summed E-state index contributed by atoms with van der Waals surface area (Å²) in [5.74, 6) is -2.25. The van der Waals surface area contributed by atoms with E-state index in [9.17, 15) is 34.2 Å². The summed E-state index contributed by atoms with van der Waals surface area (Å²) >= 11 is 6.38. The van der Waals surface area contributed by atoms with Crippen LogP contribution in [0.1, 0.15) is 34.1 Å². The first-order chi connectivity index (χ1) is 20.6. The van der Waals surface area contributed by atoms with Gasteiger partial charge in [-0.3, -0.25) is 43.6 Å². The summed E-state index contributed by atoms with van der Waals surface area (Å²) in [5, 5.41) is 24.3. The standard InChI is InChI=1S/C28H48N6O8S2/c1-5-28(4,20-42-19-27(2,3)17-29-22(36)13-34-23(37)16-44-26(34)43)18-30-21(35)12-31-6-8-32(14-24(38)39)10-11-33(9-7-31)15-25(40)41/h5-20H2,1-4H3,(H,29,36)(H,30,35)(H,38,39)(H,40,41). The van der Waals surface area contributed by atoms with Crippen LogP contribution in [-0.4, -0.2) is 161 Å². The number of aliphatic carboxylic acids is 2. The summed E-state index contributed by atoms with van der Waals surface area (Å²) in [5.41, 5.74) is -0.701. The Labute approximate surface area is 269 Å². The monoisotopic (exact) mass is 660 g/mol. The van der Waals surface area contributed by atoms with Gasteiger partial charge in [-0.2, -0.15) is 0 Å². The molecule has 2 aliphatic heterocycles. The minimum Gasteiger partial charge on any atom is -0.480 e. The summed E-state index contributed by atoms with van der Waals surface area (Å²) in [6, 6.07) is 0. The first-order valence-electron chi connectivity index (χ1n) is 14.8. The number of hydrogen-bond acceptors (Lipinski definition) is 11. The second kappa shape index (κ2) is 17.9. The Kier molecular flexibility index (Phi) is 15.4. The maximum absolute atomic E-state index is 12.9. The average Bonchev–Trinajstić information content (AvgIpc) is 3.29. The van der Waals surface area contributed by atoms with Crippen LogP contribution in [0.25, 0.3) is 0 Å². The van der Waals surface area contributed by atoms with Gasteiger partial charge >= 0.3 is 11.9 Å². The van der Waals surface area contributed by atoms with E-state index in [4.69, 9.17) is 17.0 Å². The third-order valence-corrected chi connectivity index (χ3v) is 9.13. The molecule has 0 spiro atoms. The molecule has 16 heteroatoms. The average molecular weight is 661 g/mol. The maximum Gasteiger partial charge on any atom is 0.317 e. The third-order valence-electron chi connectivity index (χ3n) is 7.70. The zero-order valence-electron chi connectivity index (χ0n) is 26.3. The number of nitrogens with zero attached hydrogens (tertiary/aromatic N) is 4. The molecule has 0 bridgehead atoms. The van der Waals surface area contributed by atoms with Gasteiger partial charge in [0.2, 0.25) is 17.7 Å². The quantitative estimate of drug-likeness (QED) is 0.149. The van der Waals surface area contributed by atoms with Crippen LogP contribution in [-0.2, 0) is 28.7 Å². The largest absolute Gasteiger partial charge is 0.480 e. The lowest BCUT2D eigenvalue weighted by atomic mass is 9.88. The van der Waals surface area contributed by atoms with Crippen LogP contribution in [0.15, 0.2) is 0 Å². The van der Waals surface area contributed by atoms with Crippen LogP contribution in [0.5, 0.6) is 0 Å². The smallest absolute Gasteiger partial charge is 0.317 e. The summed E-state index contributed by atoms with van der Waals surface area (Å²) < 4.78 is 6.48. The first kappa shape index (κ1) is 37.8. The fourth-order valence-corrected chi connectivity index (χ4v) is 5.65. The van der Waals surface area contributed by atoms with E-state index in [0.717, 1.165) is 6.42 Å². The Morgan fingerprint density at radius 2 is 1.30 bits per heavy atom. The summed E-state index contributed by atoms with van der Waals surface area (Å²) in [4.78, 5) is 66.5. The molecule has 1 unspecified atom stereocenters. The molecule has 0 aromatic carbocycles. The highest BCUT2D eigenvalue weighted by Gasteiger charge is 2.30. The van der Waals surface area contributed by atoms with Gasteiger partial charge in [-0.25, -0.2) is 0 Å². The lowest BCUT2D eigenvalue weighted by Crippen LogP contribution is -2.46. The van der Waals surface area contributed by atoms with Crippen molar-refractivity contribution in [1.82, 2.24) is 30.2 Å². The second-order valence-corrected chi connectivity index (χ2v) is 14.1. The molecule has 44 heavy (non-hydrogen) atoms. The van der Waals surface area contributed by atoms with Crippen LogP contribution in [0.2, 0.25) is 0 Å². The number of rotatable bonds is 17. The Hall–Kier alpha value is -2.37.